The Balaban J connectivity index is 2.47. The van der Waals surface area contributed by atoms with Gasteiger partial charge in [0, 0.05) is 12.6 Å². The van der Waals surface area contributed by atoms with Gasteiger partial charge in [-0.2, -0.15) is 0 Å². The molecule has 1 aromatic carbocycles. The minimum atomic E-state index is -3.66. The van der Waals surface area contributed by atoms with E-state index in [2.05, 4.69) is 4.72 Å². The molecular formula is C14H22N2O4S2. The molecule has 0 aliphatic carbocycles. The SMILES string of the molecule is Cc1ccc(N2CCCCS2(=O)=O)cc1S(=O)(=O)NC(C)C. The van der Waals surface area contributed by atoms with Gasteiger partial charge in [0.2, 0.25) is 20.0 Å². The van der Waals surface area contributed by atoms with Crippen molar-refractivity contribution in [3.05, 3.63) is 23.8 Å². The zero-order chi connectivity index (χ0) is 16.5. The van der Waals surface area contributed by atoms with Crippen molar-refractivity contribution in [3.63, 3.8) is 0 Å². The Morgan fingerprint density at radius 3 is 2.50 bits per heavy atom. The fourth-order valence-electron chi connectivity index (χ4n) is 2.49. The molecule has 0 spiro atoms. The number of nitrogens with one attached hydrogen (secondary N) is 1. The predicted molar refractivity (Wildman–Crippen MR) is 87.0 cm³/mol. The van der Waals surface area contributed by atoms with E-state index in [1.54, 1.807) is 32.9 Å². The highest BCUT2D eigenvalue weighted by Crippen LogP contribution is 2.27. The Hall–Kier alpha value is -1.12. The fraction of sp³-hybridized carbons (Fsp3) is 0.571. The number of hydrogen-bond donors (Lipinski definition) is 1. The van der Waals surface area contributed by atoms with Crippen LogP contribution in [0.25, 0.3) is 0 Å². The third kappa shape index (κ3) is 3.61. The summed E-state index contributed by atoms with van der Waals surface area (Å²) >= 11 is 0. The van der Waals surface area contributed by atoms with Gasteiger partial charge in [-0.3, -0.25) is 4.31 Å². The van der Waals surface area contributed by atoms with Crippen LogP contribution in [0.3, 0.4) is 0 Å². The van der Waals surface area contributed by atoms with Crippen molar-refractivity contribution in [3.8, 4) is 0 Å². The molecule has 1 aliphatic heterocycles. The van der Waals surface area contributed by atoms with Crippen LogP contribution in [0.15, 0.2) is 23.1 Å². The number of rotatable bonds is 4. The van der Waals surface area contributed by atoms with E-state index < -0.39 is 20.0 Å². The van der Waals surface area contributed by atoms with E-state index in [-0.39, 0.29) is 16.7 Å². The summed E-state index contributed by atoms with van der Waals surface area (Å²) in [5.74, 6) is 0.104. The van der Waals surface area contributed by atoms with Crippen LogP contribution in [0, 0.1) is 6.92 Å². The van der Waals surface area contributed by atoms with E-state index in [9.17, 15) is 16.8 Å². The van der Waals surface area contributed by atoms with Crippen LogP contribution >= 0.6 is 0 Å². The zero-order valence-corrected chi connectivity index (χ0v) is 14.7. The Morgan fingerprint density at radius 1 is 1.23 bits per heavy atom. The van der Waals surface area contributed by atoms with Gasteiger partial charge in [-0.15, -0.1) is 0 Å². The summed E-state index contributed by atoms with van der Waals surface area (Å²) < 4.78 is 52.9. The molecule has 1 fully saturated rings. The van der Waals surface area contributed by atoms with Gasteiger partial charge in [0.25, 0.3) is 0 Å². The maximum atomic E-state index is 12.4. The van der Waals surface area contributed by atoms with Crippen molar-refractivity contribution in [1.82, 2.24) is 4.72 Å². The van der Waals surface area contributed by atoms with Gasteiger partial charge < -0.3 is 0 Å². The second kappa shape index (κ2) is 6.17. The second-order valence-corrected chi connectivity index (χ2v) is 9.52. The Kier molecular flexibility index (Phi) is 4.84. The van der Waals surface area contributed by atoms with Crippen LogP contribution in [0.2, 0.25) is 0 Å². The van der Waals surface area contributed by atoms with E-state index >= 15 is 0 Å². The molecule has 0 amide bonds. The van der Waals surface area contributed by atoms with Gasteiger partial charge in [-0.25, -0.2) is 21.6 Å². The minimum absolute atomic E-state index is 0.104. The number of anilines is 1. The van der Waals surface area contributed by atoms with Crippen molar-refractivity contribution in [2.45, 2.75) is 44.6 Å². The molecular weight excluding hydrogens is 324 g/mol. The highest BCUT2D eigenvalue weighted by Gasteiger charge is 2.27. The molecule has 0 atom stereocenters. The molecule has 1 N–H and O–H groups in total. The first-order chi connectivity index (χ1) is 10.1. The largest absolute Gasteiger partial charge is 0.270 e. The van der Waals surface area contributed by atoms with Crippen molar-refractivity contribution in [2.24, 2.45) is 0 Å². The van der Waals surface area contributed by atoms with Crippen LogP contribution in [0.4, 0.5) is 5.69 Å². The Bertz CT molecular complexity index is 755. The summed E-state index contributed by atoms with van der Waals surface area (Å²) in [4.78, 5) is 0.125. The molecule has 1 heterocycles. The molecule has 8 heteroatoms. The molecule has 124 valence electrons. The minimum Gasteiger partial charge on any atom is -0.270 e. The first kappa shape index (κ1) is 17.2. The van der Waals surface area contributed by atoms with Crippen molar-refractivity contribution in [2.75, 3.05) is 16.6 Å². The van der Waals surface area contributed by atoms with Crippen molar-refractivity contribution in [1.29, 1.82) is 0 Å². The highest BCUT2D eigenvalue weighted by molar-refractivity contribution is 7.92. The van der Waals surface area contributed by atoms with E-state index in [1.807, 2.05) is 0 Å². The average Bonchev–Trinajstić information content (AvgIpc) is 2.37. The number of benzene rings is 1. The molecule has 1 saturated heterocycles. The van der Waals surface area contributed by atoms with Crippen LogP contribution in [-0.2, 0) is 20.0 Å². The maximum Gasteiger partial charge on any atom is 0.241 e. The highest BCUT2D eigenvalue weighted by atomic mass is 32.2. The van der Waals surface area contributed by atoms with E-state index in [1.165, 1.54) is 10.4 Å². The average molecular weight is 346 g/mol. The first-order valence-electron chi connectivity index (χ1n) is 7.27. The summed E-state index contributed by atoms with van der Waals surface area (Å²) in [6, 6.07) is 4.52. The first-order valence-corrected chi connectivity index (χ1v) is 10.4. The normalized spacial score (nSPS) is 18.6. The monoisotopic (exact) mass is 346 g/mol. The van der Waals surface area contributed by atoms with Crippen LogP contribution in [-0.4, -0.2) is 35.2 Å². The smallest absolute Gasteiger partial charge is 0.241 e. The summed E-state index contributed by atoms with van der Waals surface area (Å²) in [6.45, 7) is 5.57. The van der Waals surface area contributed by atoms with Gasteiger partial charge >= 0.3 is 0 Å². The van der Waals surface area contributed by atoms with Gasteiger partial charge in [0.05, 0.1) is 16.3 Å². The van der Waals surface area contributed by atoms with Gasteiger partial charge in [-0.05, 0) is 51.3 Å². The number of nitrogens with zero attached hydrogens (tertiary/aromatic N) is 1. The topological polar surface area (TPSA) is 83.6 Å². The standard InChI is InChI=1S/C14H22N2O4S2/c1-11(2)15-22(19,20)14-10-13(7-6-12(14)3)16-8-4-5-9-21(16,17)18/h6-7,10-11,15H,4-5,8-9H2,1-3H3. The van der Waals surface area contributed by atoms with E-state index in [0.717, 1.165) is 6.42 Å². The second-order valence-electron chi connectivity index (χ2n) is 5.82. The van der Waals surface area contributed by atoms with Crippen molar-refractivity contribution < 1.29 is 16.8 Å². The number of aryl methyl sites for hydroxylation is 1. The summed E-state index contributed by atoms with van der Waals surface area (Å²) in [7, 11) is -7.02. The van der Waals surface area contributed by atoms with Crippen LogP contribution in [0.1, 0.15) is 32.3 Å². The molecule has 1 aromatic rings. The molecule has 0 radical (unpaired) electrons. The summed E-state index contributed by atoms with van der Waals surface area (Å²) in [5.41, 5.74) is 1.00. The lowest BCUT2D eigenvalue weighted by Gasteiger charge is -2.28. The Labute approximate surface area is 132 Å². The molecule has 6 nitrogen and oxygen atoms in total. The molecule has 0 saturated carbocycles. The van der Waals surface area contributed by atoms with E-state index in [4.69, 9.17) is 0 Å². The number of hydrogen-bond acceptors (Lipinski definition) is 4. The molecule has 0 bridgehead atoms. The molecule has 2 rings (SSSR count). The predicted octanol–water partition coefficient (Wildman–Crippen LogP) is 1.61. The number of sulfonamides is 2. The maximum absolute atomic E-state index is 12.4. The van der Waals surface area contributed by atoms with Gasteiger partial charge in [0.1, 0.15) is 0 Å². The van der Waals surface area contributed by atoms with E-state index in [0.29, 0.717) is 24.2 Å². The molecule has 22 heavy (non-hydrogen) atoms. The lowest BCUT2D eigenvalue weighted by Crippen LogP contribution is -2.38. The third-order valence-electron chi connectivity index (χ3n) is 3.49. The van der Waals surface area contributed by atoms with Crippen molar-refractivity contribution >= 4 is 25.7 Å². The lowest BCUT2D eigenvalue weighted by atomic mass is 10.2. The fourth-order valence-corrected chi connectivity index (χ4v) is 5.63. The quantitative estimate of drug-likeness (QED) is 0.898. The van der Waals surface area contributed by atoms with Crippen LogP contribution < -0.4 is 9.03 Å². The molecule has 1 aliphatic rings. The van der Waals surface area contributed by atoms with Gasteiger partial charge in [0.15, 0.2) is 0 Å². The lowest BCUT2D eigenvalue weighted by molar-refractivity contribution is 0.567. The molecule has 0 unspecified atom stereocenters. The summed E-state index contributed by atoms with van der Waals surface area (Å²) in [5, 5.41) is 0. The molecule has 0 aromatic heterocycles. The Morgan fingerprint density at radius 2 is 1.91 bits per heavy atom. The zero-order valence-electron chi connectivity index (χ0n) is 13.0. The van der Waals surface area contributed by atoms with Gasteiger partial charge in [-0.1, -0.05) is 6.07 Å². The summed E-state index contributed by atoms with van der Waals surface area (Å²) in [6.07, 6.45) is 1.42. The van der Waals surface area contributed by atoms with Crippen LogP contribution in [0.5, 0.6) is 0 Å². The third-order valence-corrected chi connectivity index (χ3v) is 7.16.